The molecule has 1 aromatic carbocycles. The number of nitrogens with zero attached hydrogens (tertiary/aromatic N) is 1. The Kier molecular flexibility index (Phi) is 4.93. The highest BCUT2D eigenvalue weighted by Crippen LogP contribution is 2.23. The quantitative estimate of drug-likeness (QED) is 0.875. The summed E-state index contributed by atoms with van der Waals surface area (Å²) >= 11 is 1.71. The van der Waals surface area contributed by atoms with Crippen LogP contribution in [0.3, 0.4) is 0 Å². The number of ether oxygens (including phenoxy) is 1. The number of nitrogens with one attached hydrogen (secondary N) is 1. The van der Waals surface area contributed by atoms with Gasteiger partial charge in [-0.3, -0.25) is 0 Å². The van der Waals surface area contributed by atoms with E-state index in [1.807, 2.05) is 13.0 Å². The van der Waals surface area contributed by atoms with Crippen molar-refractivity contribution in [2.75, 3.05) is 25.6 Å². The van der Waals surface area contributed by atoms with E-state index in [1.165, 1.54) is 10.4 Å². The summed E-state index contributed by atoms with van der Waals surface area (Å²) in [6, 6.07) is 10.5. The largest absolute Gasteiger partial charge is 0.384 e. The summed E-state index contributed by atoms with van der Waals surface area (Å²) < 4.78 is 5.32. The molecule has 0 bridgehead atoms. The molecule has 0 aliphatic rings. The maximum absolute atomic E-state index is 5.32. The summed E-state index contributed by atoms with van der Waals surface area (Å²) in [7, 11) is 1.74. The number of benzene rings is 1. The Morgan fingerprint density at radius 2 is 2.00 bits per heavy atom. The van der Waals surface area contributed by atoms with Gasteiger partial charge in [-0.25, -0.2) is 4.98 Å². The van der Waals surface area contributed by atoms with Crippen LogP contribution in [0.1, 0.15) is 22.1 Å². The zero-order valence-corrected chi connectivity index (χ0v) is 12.5. The first-order chi connectivity index (χ1) is 9.20. The Morgan fingerprint density at radius 3 is 2.58 bits per heavy atom. The van der Waals surface area contributed by atoms with Crippen molar-refractivity contribution in [3.8, 4) is 0 Å². The van der Waals surface area contributed by atoms with Gasteiger partial charge in [0.15, 0.2) is 5.13 Å². The third-order valence-corrected chi connectivity index (χ3v) is 4.20. The number of rotatable bonds is 6. The summed E-state index contributed by atoms with van der Waals surface area (Å²) in [5.74, 6) is 0.343. The minimum Gasteiger partial charge on any atom is -0.384 e. The Labute approximate surface area is 118 Å². The first-order valence-electron chi connectivity index (χ1n) is 6.42. The predicted octanol–water partition coefficient (Wildman–Crippen LogP) is 3.60. The number of methoxy groups -OCH3 is 1. The van der Waals surface area contributed by atoms with Gasteiger partial charge in [-0.15, -0.1) is 11.3 Å². The van der Waals surface area contributed by atoms with Gasteiger partial charge in [0.1, 0.15) is 0 Å². The molecule has 2 rings (SSSR count). The third kappa shape index (κ3) is 3.78. The molecule has 0 spiro atoms. The molecule has 19 heavy (non-hydrogen) atoms. The molecule has 1 heterocycles. The van der Waals surface area contributed by atoms with E-state index in [-0.39, 0.29) is 0 Å². The van der Waals surface area contributed by atoms with Crippen LogP contribution in [0.5, 0.6) is 0 Å². The molecule has 0 fully saturated rings. The van der Waals surface area contributed by atoms with E-state index in [0.29, 0.717) is 12.5 Å². The zero-order valence-electron chi connectivity index (χ0n) is 11.6. The second-order valence-corrected chi connectivity index (χ2v) is 5.81. The molecule has 1 aromatic heterocycles. The van der Waals surface area contributed by atoms with Gasteiger partial charge in [0.05, 0.1) is 12.3 Å². The van der Waals surface area contributed by atoms with Gasteiger partial charge in [0.25, 0.3) is 0 Å². The smallest absolute Gasteiger partial charge is 0.183 e. The SMILES string of the molecule is COCC(CNc1nc(C)c(C)s1)c1ccccc1. The van der Waals surface area contributed by atoms with E-state index in [2.05, 4.69) is 41.5 Å². The highest BCUT2D eigenvalue weighted by Gasteiger charge is 2.12. The fraction of sp³-hybridized carbons (Fsp3) is 0.400. The van der Waals surface area contributed by atoms with E-state index in [0.717, 1.165) is 17.4 Å². The molecule has 3 nitrogen and oxygen atoms in total. The molecule has 0 amide bonds. The Morgan fingerprint density at radius 1 is 1.26 bits per heavy atom. The number of anilines is 1. The summed E-state index contributed by atoms with van der Waals surface area (Å²) in [6.07, 6.45) is 0. The van der Waals surface area contributed by atoms with Gasteiger partial charge in [0.2, 0.25) is 0 Å². The molecular weight excluding hydrogens is 256 g/mol. The van der Waals surface area contributed by atoms with Gasteiger partial charge >= 0.3 is 0 Å². The van der Waals surface area contributed by atoms with Crippen LogP contribution in [-0.4, -0.2) is 25.2 Å². The van der Waals surface area contributed by atoms with E-state index in [1.54, 1.807) is 18.4 Å². The van der Waals surface area contributed by atoms with Gasteiger partial charge in [-0.2, -0.15) is 0 Å². The lowest BCUT2D eigenvalue weighted by Crippen LogP contribution is -2.17. The van der Waals surface area contributed by atoms with Crippen molar-refractivity contribution >= 4 is 16.5 Å². The van der Waals surface area contributed by atoms with Crippen molar-refractivity contribution in [1.82, 2.24) is 4.98 Å². The van der Waals surface area contributed by atoms with Crippen molar-refractivity contribution in [1.29, 1.82) is 0 Å². The molecule has 0 saturated carbocycles. The van der Waals surface area contributed by atoms with Crippen LogP contribution in [0, 0.1) is 13.8 Å². The summed E-state index contributed by atoms with van der Waals surface area (Å²) in [5.41, 5.74) is 2.40. The van der Waals surface area contributed by atoms with Crippen molar-refractivity contribution < 1.29 is 4.74 Å². The second-order valence-electron chi connectivity index (χ2n) is 4.60. The average molecular weight is 276 g/mol. The maximum atomic E-state index is 5.32. The molecule has 2 aromatic rings. The van der Waals surface area contributed by atoms with Crippen LogP contribution in [0.15, 0.2) is 30.3 Å². The van der Waals surface area contributed by atoms with E-state index >= 15 is 0 Å². The van der Waals surface area contributed by atoms with Crippen LogP contribution in [-0.2, 0) is 4.74 Å². The summed E-state index contributed by atoms with van der Waals surface area (Å²) in [4.78, 5) is 5.77. The van der Waals surface area contributed by atoms with Crippen molar-refractivity contribution in [2.24, 2.45) is 0 Å². The fourth-order valence-corrected chi connectivity index (χ4v) is 2.78. The number of thiazole rings is 1. The minimum atomic E-state index is 0.343. The molecule has 102 valence electrons. The summed E-state index contributed by atoms with van der Waals surface area (Å²) in [6.45, 7) is 5.69. The lowest BCUT2D eigenvalue weighted by Gasteiger charge is -2.16. The first-order valence-corrected chi connectivity index (χ1v) is 7.24. The minimum absolute atomic E-state index is 0.343. The Balaban J connectivity index is 2.01. The van der Waals surface area contributed by atoms with Crippen LogP contribution in [0.2, 0.25) is 0 Å². The van der Waals surface area contributed by atoms with E-state index in [4.69, 9.17) is 4.74 Å². The topological polar surface area (TPSA) is 34.1 Å². The van der Waals surface area contributed by atoms with E-state index in [9.17, 15) is 0 Å². The lowest BCUT2D eigenvalue weighted by atomic mass is 10.0. The van der Waals surface area contributed by atoms with Gasteiger partial charge in [-0.1, -0.05) is 30.3 Å². The number of aromatic nitrogens is 1. The molecular formula is C15H20N2OS. The predicted molar refractivity (Wildman–Crippen MR) is 81.1 cm³/mol. The molecule has 1 N–H and O–H groups in total. The highest BCUT2D eigenvalue weighted by molar-refractivity contribution is 7.15. The number of aryl methyl sites for hydroxylation is 2. The van der Waals surface area contributed by atoms with Gasteiger partial charge < -0.3 is 10.1 Å². The van der Waals surface area contributed by atoms with Crippen molar-refractivity contribution in [3.05, 3.63) is 46.5 Å². The first kappa shape index (κ1) is 14.0. The van der Waals surface area contributed by atoms with E-state index < -0.39 is 0 Å². The van der Waals surface area contributed by atoms with Gasteiger partial charge in [-0.05, 0) is 19.4 Å². The van der Waals surface area contributed by atoms with Crippen molar-refractivity contribution in [2.45, 2.75) is 19.8 Å². The van der Waals surface area contributed by atoms with Crippen LogP contribution < -0.4 is 5.32 Å². The number of hydrogen-bond donors (Lipinski definition) is 1. The molecule has 1 atom stereocenters. The second kappa shape index (κ2) is 6.68. The molecule has 0 aliphatic heterocycles. The molecule has 0 radical (unpaired) electrons. The molecule has 4 heteroatoms. The molecule has 0 saturated heterocycles. The Hall–Kier alpha value is -1.39. The van der Waals surface area contributed by atoms with Crippen LogP contribution >= 0.6 is 11.3 Å². The average Bonchev–Trinajstić information content (AvgIpc) is 2.75. The highest BCUT2D eigenvalue weighted by atomic mass is 32.1. The normalized spacial score (nSPS) is 12.4. The zero-order chi connectivity index (χ0) is 13.7. The Bertz CT molecular complexity index is 491. The third-order valence-electron chi connectivity index (χ3n) is 3.17. The van der Waals surface area contributed by atoms with Crippen LogP contribution in [0.4, 0.5) is 5.13 Å². The van der Waals surface area contributed by atoms with Crippen molar-refractivity contribution in [3.63, 3.8) is 0 Å². The summed E-state index contributed by atoms with van der Waals surface area (Å²) in [5, 5.41) is 4.41. The van der Waals surface area contributed by atoms with Crippen LogP contribution in [0.25, 0.3) is 0 Å². The standard InChI is InChI=1S/C15H20N2OS/c1-11-12(2)19-15(17-11)16-9-14(10-18-3)13-7-5-4-6-8-13/h4-8,14H,9-10H2,1-3H3,(H,16,17). The molecule has 0 aliphatic carbocycles. The van der Waals surface area contributed by atoms with Gasteiger partial charge in [0, 0.05) is 24.4 Å². The maximum Gasteiger partial charge on any atom is 0.183 e. The fourth-order valence-electron chi connectivity index (χ4n) is 1.96. The monoisotopic (exact) mass is 276 g/mol. The number of hydrogen-bond acceptors (Lipinski definition) is 4. The molecule has 1 unspecified atom stereocenters. The lowest BCUT2D eigenvalue weighted by molar-refractivity contribution is 0.182.